The lowest BCUT2D eigenvalue weighted by Crippen LogP contribution is -2.03. The number of rotatable bonds is 3. The molecule has 0 bridgehead atoms. The predicted octanol–water partition coefficient (Wildman–Crippen LogP) is 0.925. The molecule has 0 unspecified atom stereocenters. The summed E-state index contributed by atoms with van der Waals surface area (Å²) in [6, 6.07) is 1.67. The topological polar surface area (TPSA) is 52.1 Å². The molecule has 70 valence electrons. The molecule has 4 nitrogen and oxygen atoms in total. The second-order valence-corrected chi connectivity index (χ2v) is 2.83. The minimum absolute atomic E-state index is 0.0835. The number of ketones is 1. The van der Waals surface area contributed by atoms with Crippen LogP contribution in [0, 0.1) is 6.92 Å². The highest BCUT2D eigenvalue weighted by molar-refractivity contribution is 5.77. The van der Waals surface area contributed by atoms with Crippen molar-refractivity contribution in [2.75, 3.05) is 7.11 Å². The molecule has 0 radical (unpaired) electrons. The van der Waals surface area contributed by atoms with Gasteiger partial charge in [-0.2, -0.15) is 4.98 Å². The van der Waals surface area contributed by atoms with Crippen molar-refractivity contribution in [2.45, 2.75) is 20.3 Å². The summed E-state index contributed by atoms with van der Waals surface area (Å²) in [7, 11) is 1.54. The minimum atomic E-state index is 0.0835. The van der Waals surface area contributed by atoms with E-state index in [9.17, 15) is 4.79 Å². The van der Waals surface area contributed by atoms with E-state index in [1.54, 1.807) is 20.1 Å². The third-order valence-corrected chi connectivity index (χ3v) is 1.51. The van der Waals surface area contributed by atoms with E-state index >= 15 is 0 Å². The van der Waals surface area contributed by atoms with Crippen LogP contribution in [-0.4, -0.2) is 22.9 Å². The van der Waals surface area contributed by atoms with Gasteiger partial charge in [0.05, 0.1) is 12.8 Å². The second-order valence-electron chi connectivity index (χ2n) is 2.83. The first-order valence-corrected chi connectivity index (χ1v) is 4.00. The lowest BCUT2D eigenvalue weighted by molar-refractivity contribution is -0.116. The molecular formula is C9H12N2O2. The van der Waals surface area contributed by atoms with Gasteiger partial charge in [0.15, 0.2) is 0 Å². The SMILES string of the molecule is COc1cc(CC(C)=O)nc(C)n1. The first kappa shape index (κ1) is 9.64. The maximum absolute atomic E-state index is 10.8. The van der Waals surface area contributed by atoms with Crippen LogP contribution < -0.4 is 4.74 Å². The van der Waals surface area contributed by atoms with Crippen LogP contribution in [0.15, 0.2) is 6.07 Å². The zero-order valence-corrected chi connectivity index (χ0v) is 8.00. The highest BCUT2D eigenvalue weighted by Crippen LogP contribution is 2.08. The minimum Gasteiger partial charge on any atom is -0.481 e. The molecule has 1 heterocycles. The van der Waals surface area contributed by atoms with Gasteiger partial charge in [0.25, 0.3) is 0 Å². The molecule has 0 aromatic carbocycles. The Balaban J connectivity index is 2.94. The molecule has 0 spiro atoms. The third kappa shape index (κ3) is 2.82. The van der Waals surface area contributed by atoms with Gasteiger partial charge in [-0.15, -0.1) is 0 Å². The normalized spacial score (nSPS) is 9.77. The van der Waals surface area contributed by atoms with Gasteiger partial charge in [-0.3, -0.25) is 4.79 Å². The van der Waals surface area contributed by atoms with E-state index in [2.05, 4.69) is 9.97 Å². The smallest absolute Gasteiger partial charge is 0.216 e. The number of aromatic nitrogens is 2. The average Bonchev–Trinajstić information content (AvgIpc) is 2.01. The summed E-state index contributed by atoms with van der Waals surface area (Å²) in [6.45, 7) is 3.30. The Morgan fingerprint density at radius 2 is 2.23 bits per heavy atom. The van der Waals surface area contributed by atoms with Gasteiger partial charge in [0.1, 0.15) is 11.6 Å². The molecule has 13 heavy (non-hydrogen) atoms. The molecule has 1 aromatic rings. The van der Waals surface area contributed by atoms with Crippen LogP contribution in [0.4, 0.5) is 0 Å². The highest BCUT2D eigenvalue weighted by Gasteiger charge is 2.03. The van der Waals surface area contributed by atoms with Crippen LogP contribution in [0.3, 0.4) is 0 Å². The molecule has 0 saturated heterocycles. The van der Waals surface area contributed by atoms with Crippen LogP contribution in [0.5, 0.6) is 5.88 Å². The van der Waals surface area contributed by atoms with E-state index < -0.39 is 0 Å². The van der Waals surface area contributed by atoms with Crippen molar-refractivity contribution >= 4 is 5.78 Å². The molecule has 0 fully saturated rings. The van der Waals surface area contributed by atoms with E-state index in [1.165, 1.54) is 6.92 Å². The van der Waals surface area contributed by atoms with Crippen molar-refractivity contribution in [2.24, 2.45) is 0 Å². The first-order valence-electron chi connectivity index (χ1n) is 4.00. The molecular weight excluding hydrogens is 168 g/mol. The number of nitrogens with zero attached hydrogens (tertiary/aromatic N) is 2. The summed E-state index contributed by atoms with van der Waals surface area (Å²) in [5.74, 6) is 1.21. The van der Waals surface area contributed by atoms with E-state index in [0.717, 1.165) is 0 Å². The molecule has 0 aliphatic heterocycles. The zero-order valence-electron chi connectivity index (χ0n) is 8.00. The summed E-state index contributed by atoms with van der Waals surface area (Å²) in [6.07, 6.45) is 0.333. The summed E-state index contributed by atoms with van der Waals surface area (Å²) in [5.41, 5.74) is 0.705. The van der Waals surface area contributed by atoms with Crippen LogP contribution in [0.25, 0.3) is 0 Å². The quantitative estimate of drug-likeness (QED) is 0.694. The summed E-state index contributed by atoms with van der Waals surface area (Å²) >= 11 is 0. The number of ether oxygens (including phenoxy) is 1. The van der Waals surface area contributed by atoms with Crippen molar-refractivity contribution < 1.29 is 9.53 Å². The standard InChI is InChI=1S/C9H12N2O2/c1-6(12)4-8-5-9(13-3)11-7(2)10-8/h5H,4H2,1-3H3. The number of hydrogen-bond donors (Lipinski definition) is 0. The molecule has 0 atom stereocenters. The fourth-order valence-corrected chi connectivity index (χ4v) is 1.05. The Bertz CT molecular complexity index is 323. The Morgan fingerprint density at radius 1 is 1.54 bits per heavy atom. The Morgan fingerprint density at radius 3 is 2.77 bits per heavy atom. The zero-order chi connectivity index (χ0) is 9.84. The molecule has 1 rings (SSSR count). The van der Waals surface area contributed by atoms with Crippen LogP contribution in [-0.2, 0) is 11.2 Å². The number of Topliss-reactive ketones (excluding diaryl/α,β-unsaturated/α-hetero) is 1. The fraction of sp³-hybridized carbons (Fsp3) is 0.444. The molecule has 4 heteroatoms. The average molecular weight is 180 g/mol. The molecule has 0 amide bonds. The number of carbonyl (C=O) groups is 1. The lowest BCUT2D eigenvalue weighted by Gasteiger charge is -2.02. The van der Waals surface area contributed by atoms with Crippen molar-refractivity contribution in [3.8, 4) is 5.88 Å². The van der Waals surface area contributed by atoms with Crippen LogP contribution in [0.1, 0.15) is 18.4 Å². The molecule has 0 aliphatic carbocycles. The third-order valence-electron chi connectivity index (χ3n) is 1.51. The first-order chi connectivity index (χ1) is 6.11. The lowest BCUT2D eigenvalue weighted by atomic mass is 10.2. The predicted molar refractivity (Wildman–Crippen MR) is 47.7 cm³/mol. The van der Waals surface area contributed by atoms with Gasteiger partial charge >= 0.3 is 0 Å². The van der Waals surface area contributed by atoms with Gasteiger partial charge in [0.2, 0.25) is 5.88 Å². The number of aryl methyl sites for hydroxylation is 1. The molecule has 1 aromatic heterocycles. The monoisotopic (exact) mass is 180 g/mol. The summed E-state index contributed by atoms with van der Waals surface area (Å²) < 4.78 is 4.95. The van der Waals surface area contributed by atoms with Gasteiger partial charge in [0, 0.05) is 12.5 Å². The van der Waals surface area contributed by atoms with E-state index in [1.807, 2.05) is 0 Å². The Hall–Kier alpha value is -1.45. The molecule has 0 saturated carbocycles. The second kappa shape index (κ2) is 3.98. The number of hydrogen-bond acceptors (Lipinski definition) is 4. The Kier molecular flexibility index (Phi) is 2.95. The highest BCUT2D eigenvalue weighted by atomic mass is 16.5. The number of methoxy groups -OCH3 is 1. The Labute approximate surface area is 77.0 Å². The molecule has 0 N–H and O–H groups in total. The van der Waals surface area contributed by atoms with Crippen molar-refractivity contribution in [1.82, 2.24) is 9.97 Å². The van der Waals surface area contributed by atoms with E-state index in [0.29, 0.717) is 23.8 Å². The van der Waals surface area contributed by atoms with Gasteiger partial charge in [-0.05, 0) is 13.8 Å². The van der Waals surface area contributed by atoms with Gasteiger partial charge in [-0.25, -0.2) is 4.98 Å². The summed E-state index contributed by atoms with van der Waals surface area (Å²) in [4.78, 5) is 18.9. The maximum atomic E-state index is 10.8. The van der Waals surface area contributed by atoms with Gasteiger partial charge < -0.3 is 4.74 Å². The van der Waals surface area contributed by atoms with Crippen molar-refractivity contribution in [3.63, 3.8) is 0 Å². The van der Waals surface area contributed by atoms with Crippen molar-refractivity contribution in [3.05, 3.63) is 17.6 Å². The van der Waals surface area contributed by atoms with E-state index in [-0.39, 0.29) is 5.78 Å². The van der Waals surface area contributed by atoms with Crippen molar-refractivity contribution in [1.29, 1.82) is 0 Å². The summed E-state index contributed by atoms with van der Waals surface area (Å²) in [5, 5.41) is 0. The van der Waals surface area contributed by atoms with Crippen LogP contribution in [0.2, 0.25) is 0 Å². The fourth-order valence-electron chi connectivity index (χ4n) is 1.05. The molecule has 0 aliphatic rings. The van der Waals surface area contributed by atoms with E-state index in [4.69, 9.17) is 4.74 Å². The van der Waals surface area contributed by atoms with Gasteiger partial charge in [-0.1, -0.05) is 0 Å². The van der Waals surface area contributed by atoms with Crippen LogP contribution >= 0.6 is 0 Å². The maximum Gasteiger partial charge on any atom is 0.216 e. The number of carbonyl (C=O) groups excluding carboxylic acids is 1. The largest absolute Gasteiger partial charge is 0.481 e.